The van der Waals surface area contributed by atoms with Crippen LogP contribution in [0, 0.1) is 0 Å². The molecule has 0 saturated heterocycles. The molecular weight excluding hydrogens is 1350 g/mol. The molecule has 17 nitrogen and oxygen atoms in total. The topological polar surface area (TPSA) is 237 Å². The van der Waals surface area contributed by atoms with Crippen molar-refractivity contribution in [2.24, 2.45) is 0 Å². The molecule has 2 unspecified atom stereocenters. The average molecular weight is 1500 g/mol. The Morgan fingerprint density at radius 1 is 0.269 bits per heavy atom. The number of hydrogen-bond donors (Lipinski definition) is 3. The fourth-order valence-electron chi connectivity index (χ4n) is 10.9. The molecule has 0 aliphatic rings. The maximum Gasteiger partial charge on any atom is 0.472 e. The van der Waals surface area contributed by atoms with Crippen LogP contribution < -0.4 is 0 Å². The molecule has 19 heteroatoms. The van der Waals surface area contributed by atoms with Crippen LogP contribution in [0.3, 0.4) is 0 Å². The van der Waals surface area contributed by atoms with Crippen molar-refractivity contribution in [1.29, 1.82) is 0 Å². The third kappa shape index (κ3) is 75.9. The van der Waals surface area contributed by atoms with E-state index in [1.165, 1.54) is 141 Å². The minimum absolute atomic E-state index is 0.00652. The van der Waals surface area contributed by atoms with E-state index >= 15 is 0 Å². The molecule has 0 saturated carbocycles. The zero-order valence-corrected chi connectivity index (χ0v) is 67.5. The van der Waals surface area contributed by atoms with Crippen molar-refractivity contribution in [3.05, 3.63) is 109 Å². The van der Waals surface area contributed by atoms with Gasteiger partial charge in [0.15, 0.2) is 12.2 Å². The van der Waals surface area contributed by atoms with Gasteiger partial charge in [-0.1, -0.05) is 304 Å². The van der Waals surface area contributed by atoms with Crippen LogP contribution >= 0.6 is 15.6 Å². The van der Waals surface area contributed by atoms with Gasteiger partial charge >= 0.3 is 39.5 Å². The van der Waals surface area contributed by atoms with E-state index in [9.17, 15) is 43.2 Å². The lowest BCUT2D eigenvalue weighted by molar-refractivity contribution is -0.161. The predicted molar refractivity (Wildman–Crippen MR) is 427 cm³/mol. The van der Waals surface area contributed by atoms with Gasteiger partial charge in [0.2, 0.25) is 0 Å². The lowest BCUT2D eigenvalue weighted by Gasteiger charge is -2.21. The van der Waals surface area contributed by atoms with E-state index < -0.39 is 97.5 Å². The number of phosphoric acid groups is 2. The fourth-order valence-corrected chi connectivity index (χ4v) is 12.5. The SMILES string of the molecule is CCCCC/C=C\C/C=C\C/C=C\C/C=C\CCCC(=O)OC[C@H](COP(=O)(O)OC[C@H](O)COP(=O)(O)OC[C@@H](COC(=O)CCCCCCC/C=C\CCCCCCCC)OC(=O)CCCCCCCCCCCCCCCCC)OC(=O)CCC/C=C\C/C=C\C/C=C\C/C=C\CCCCC. The molecule has 0 aromatic rings. The highest BCUT2D eigenvalue weighted by Crippen LogP contribution is 2.45. The van der Waals surface area contributed by atoms with Crippen molar-refractivity contribution in [3.8, 4) is 0 Å². The zero-order valence-electron chi connectivity index (χ0n) is 65.7. The normalized spacial score (nSPS) is 14.4. The van der Waals surface area contributed by atoms with Gasteiger partial charge in [-0.05, 0) is 128 Å². The number of rotatable bonds is 77. The number of aliphatic hydroxyl groups excluding tert-OH is 1. The molecule has 0 aromatic carbocycles. The summed E-state index contributed by atoms with van der Waals surface area (Å²) in [6.45, 7) is 4.73. The Balaban J connectivity index is 5.46. The number of phosphoric ester groups is 2. The molecule has 104 heavy (non-hydrogen) atoms. The highest BCUT2D eigenvalue weighted by atomic mass is 31.2. The van der Waals surface area contributed by atoms with Gasteiger partial charge in [0.25, 0.3) is 0 Å². The molecule has 0 spiro atoms. The number of allylic oxidation sites excluding steroid dienone is 18. The van der Waals surface area contributed by atoms with Gasteiger partial charge in [-0.15, -0.1) is 0 Å². The van der Waals surface area contributed by atoms with E-state index in [0.29, 0.717) is 38.5 Å². The second-order valence-corrected chi connectivity index (χ2v) is 30.3. The molecule has 0 aliphatic carbocycles. The third-order valence-electron chi connectivity index (χ3n) is 17.2. The van der Waals surface area contributed by atoms with Crippen molar-refractivity contribution in [3.63, 3.8) is 0 Å². The molecular formula is C85H148O17P2. The van der Waals surface area contributed by atoms with Crippen molar-refractivity contribution in [2.75, 3.05) is 39.6 Å². The van der Waals surface area contributed by atoms with Gasteiger partial charge in [-0.3, -0.25) is 37.3 Å². The van der Waals surface area contributed by atoms with Gasteiger partial charge in [-0.25, -0.2) is 9.13 Å². The Morgan fingerprint density at radius 3 is 0.798 bits per heavy atom. The molecule has 0 aliphatic heterocycles. The average Bonchev–Trinajstić information content (AvgIpc) is 0.926. The van der Waals surface area contributed by atoms with Crippen molar-refractivity contribution < 1.29 is 80.2 Å². The van der Waals surface area contributed by atoms with Gasteiger partial charge in [0.1, 0.15) is 19.3 Å². The van der Waals surface area contributed by atoms with Crippen LogP contribution in [0.5, 0.6) is 0 Å². The fraction of sp³-hybridized carbons (Fsp3) is 0.741. The number of unbranched alkanes of at least 4 members (excludes halogenated alkanes) is 33. The molecule has 0 radical (unpaired) electrons. The summed E-state index contributed by atoms with van der Waals surface area (Å²) in [7, 11) is -9.99. The summed E-state index contributed by atoms with van der Waals surface area (Å²) in [5, 5.41) is 10.6. The number of ether oxygens (including phenoxy) is 4. The molecule has 0 aromatic heterocycles. The monoisotopic (exact) mass is 1500 g/mol. The second-order valence-electron chi connectivity index (χ2n) is 27.4. The first kappa shape index (κ1) is 99.7. The lowest BCUT2D eigenvalue weighted by Crippen LogP contribution is -2.30. The summed E-state index contributed by atoms with van der Waals surface area (Å²) >= 11 is 0. The van der Waals surface area contributed by atoms with Crippen LogP contribution in [0.1, 0.15) is 349 Å². The summed E-state index contributed by atoms with van der Waals surface area (Å²) in [6.07, 6.45) is 83.6. The Kier molecular flexibility index (Phi) is 73.7. The largest absolute Gasteiger partial charge is 0.472 e. The van der Waals surface area contributed by atoms with Crippen LogP contribution in [0.2, 0.25) is 0 Å². The highest BCUT2D eigenvalue weighted by Gasteiger charge is 2.30. The summed E-state index contributed by atoms with van der Waals surface area (Å²) in [5.41, 5.74) is 0. The summed E-state index contributed by atoms with van der Waals surface area (Å²) in [5.74, 6) is -2.30. The van der Waals surface area contributed by atoms with E-state index in [-0.39, 0.29) is 25.7 Å². The predicted octanol–water partition coefficient (Wildman–Crippen LogP) is 24.1. The molecule has 0 amide bonds. The highest BCUT2D eigenvalue weighted by molar-refractivity contribution is 7.47. The Morgan fingerprint density at radius 2 is 0.481 bits per heavy atom. The maximum absolute atomic E-state index is 13.1. The standard InChI is InChI=1S/C85H148O17P2/c1-5-9-13-17-21-25-29-33-37-39-43-46-50-54-58-62-66-70-83(88)96-76-81(102-85(90)72-68-64-60-56-52-48-44-40-38-34-30-26-22-18-14-10-6-2)78-100-104(93,94)98-74-79(86)73-97-103(91,92)99-77-80(101-84(89)71-67-63-59-55-51-47-42-36-32-28-24-20-16-12-8-4)75-95-82(87)69-65-61-57-53-49-45-41-35-31-27-23-19-15-11-7-3/h21-22,25-26,33-35,37-38,41,43-44,46,48,54,56,58,60,79-81,86H,5-20,23-24,27-32,36,39-40,42,45,47,49-53,55,57,59,61-78H2,1-4H3,(H,91,92)(H,93,94)/b25-21-,26-22-,37-33-,38-34-,41-35-,46-43-,48-44-,58-54-,60-56-/t79-,80-,81-/m1/s1. The minimum atomic E-state index is -5.00. The number of esters is 4. The van der Waals surface area contributed by atoms with E-state index in [0.717, 1.165) is 116 Å². The Hall–Kier alpha value is -4.28. The number of hydrogen-bond acceptors (Lipinski definition) is 15. The molecule has 0 fully saturated rings. The van der Waals surface area contributed by atoms with Gasteiger partial charge in [-0.2, -0.15) is 0 Å². The number of aliphatic hydroxyl groups is 1. The zero-order chi connectivity index (χ0) is 76.0. The molecule has 5 atom stereocenters. The van der Waals surface area contributed by atoms with Crippen molar-refractivity contribution in [2.45, 2.75) is 367 Å². The van der Waals surface area contributed by atoms with E-state index in [1.54, 1.807) is 0 Å². The Labute approximate surface area is 632 Å². The third-order valence-corrected chi connectivity index (χ3v) is 19.1. The second kappa shape index (κ2) is 76.9. The quantitative estimate of drug-likeness (QED) is 0.0169. The first-order valence-corrected chi connectivity index (χ1v) is 44.1. The molecule has 3 N–H and O–H groups in total. The summed E-state index contributed by atoms with van der Waals surface area (Å²) < 4.78 is 68.6. The molecule has 0 bridgehead atoms. The first-order valence-electron chi connectivity index (χ1n) is 41.1. The van der Waals surface area contributed by atoms with Gasteiger partial charge < -0.3 is 33.8 Å². The van der Waals surface area contributed by atoms with Crippen molar-refractivity contribution >= 4 is 39.5 Å². The lowest BCUT2D eigenvalue weighted by atomic mass is 10.0. The number of carbonyl (C=O) groups excluding carboxylic acids is 4. The van der Waals surface area contributed by atoms with E-state index in [1.807, 2.05) is 24.3 Å². The molecule has 0 rings (SSSR count). The van der Waals surface area contributed by atoms with Crippen LogP contribution in [0.4, 0.5) is 0 Å². The molecule has 0 heterocycles. The number of carbonyl (C=O) groups is 4. The van der Waals surface area contributed by atoms with Gasteiger partial charge in [0.05, 0.1) is 26.4 Å². The van der Waals surface area contributed by atoms with Gasteiger partial charge in [0, 0.05) is 25.7 Å². The van der Waals surface area contributed by atoms with Crippen molar-refractivity contribution in [1.82, 2.24) is 0 Å². The first-order chi connectivity index (χ1) is 50.7. The smallest absolute Gasteiger partial charge is 0.462 e. The van der Waals surface area contributed by atoms with Crippen LogP contribution in [0.25, 0.3) is 0 Å². The van der Waals surface area contributed by atoms with Crippen LogP contribution in [-0.2, 0) is 65.4 Å². The van der Waals surface area contributed by atoms with E-state index in [2.05, 4.69) is 113 Å². The Bertz CT molecular complexity index is 2390. The summed E-state index contributed by atoms with van der Waals surface area (Å²) in [6, 6.07) is 0. The minimum Gasteiger partial charge on any atom is -0.462 e. The summed E-state index contributed by atoms with van der Waals surface area (Å²) in [4.78, 5) is 73.0. The van der Waals surface area contributed by atoms with Crippen LogP contribution in [0.15, 0.2) is 109 Å². The molecule has 600 valence electrons. The van der Waals surface area contributed by atoms with E-state index in [4.69, 9.17) is 37.0 Å². The van der Waals surface area contributed by atoms with Crippen LogP contribution in [-0.4, -0.2) is 96.7 Å². The maximum atomic E-state index is 13.1.